The number of hydrogen-bond donors (Lipinski definition) is 0. The summed E-state index contributed by atoms with van der Waals surface area (Å²) in [5, 5.41) is 0. The molecule has 0 aliphatic rings. The minimum absolute atomic E-state index is 0.476. The molecule has 3 nitrogen and oxygen atoms in total. The Bertz CT molecular complexity index is 811. The molecule has 0 heterocycles. The van der Waals surface area contributed by atoms with E-state index in [4.69, 9.17) is 8.85 Å². The van der Waals surface area contributed by atoms with E-state index in [9.17, 15) is 4.46 Å². The lowest BCUT2D eigenvalue weighted by Gasteiger charge is -2.30. The Kier molecular flexibility index (Phi) is 19.5. The van der Waals surface area contributed by atoms with E-state index in [1.807, 2.05) is 12.1 Å². The number of unbranched alkanes of at least 4 members (excludes halogenated alkanes) is 15. The average molecular weight is 567 g/mol. The maximum atomic E-state index is 12.8. The number of aryl methyl sites for hydroxylation is 2. The molecular weight excluding hydrogens is 508 g/mol. The van der Waals surface area contributed by atoms with E-state index in [2.05, 4.69) is 62.4 Å². The molecule has 0 aliphatic carbocycles. The van der Waals surface area contributed by atoms with E-state index in [1.54, 1.807) is 0 Å². The first kappa shape index (κ1) is 34.3. The standard InChI is InChI=1S/C36H58O3Si/c1-3-4-5-6-7-8-9-10-11-12-13-14-15-16-17-24-33-38-40(37)39-36(2,31-29-34-25-20-18-21-26-34)32-30-35-27-22-19-23-28-35/h18-23,25-28H,3-17,24,29-33H2,1-2H3. The Morgan fingerprint density at radius 2 is 0.950 bits per heavy atom. The lowest BCUT2D eigenvalue weighted by atomic mass is 9.90. The van der Waals surface area contributed by atoms with Crippen molar-refractivity contribution in [1.82, 2.24) is 0 Å². The fourth-order valence-corrected chi connectivity index (χ4v) is 6.35. The summed E-state index contributed by atoms with van der Waals surface area (Å²) in [5.74, 6) is 0. The summed E-state index contributed by atoms with van der Waals surface area (Å²) in [6.07, 6.45) is 25.0. The molecule has 0 radical (unpaired) electrons. The normalized spacial score (nSPS) is 11.4. The molecule has 0 saturated carbocycles. The molecule has 2 aromatic carbocycles. The van der Waals surface area contributed by atoms with Crippen LogP contribution in [0.25, 0.3) is 0 Å². The lowest BCUT2D eigenvalue weighted by Crippen LogP contribution is -2.35. The smallest absolute Gasteiger partial charge is 0.496 e. The maximum Gasteiger partial charge on any atom is 0.767 e. The Hall–Kier alpha value is -1.94. The minimum Gasteiger partial charge on any atom is -0.496 e. The van der Waals surface area contributed by atoms with Gasteiger partial charge in [-0.3, -0.25) is 4.46 Å². The summed E-state index contributed by atoms with van der Waals surface area (Å²) in [4.78, 5) is 0. The largest absolute Gasteiger partial charge is 0.767 e. The van der Waals surface area contributed by atoms with Crippen molar-refractivity contribution in [1.29, 1.82) is 0 Å². The van der Waals surface area contributed by atoms with Crippen LogP contribution in [0.1, 0.15) is 141 Å². The van der Waals surface area contributed by atoms with E-state index in [1.165, 1.54) is 101 Å². The molecule has 4 heteroatoms. The molecule has 0 fully saturated rings. The van der Waals surface area contributed by atoms with Crippen LogP contribution in [-0.2, 0) is 26.2 Å². The van der Waals surface area contributed by atoms with Gasteiger partial charge in [-0.1, -0.05) is 164 Å². The molecule has 2 rings (SSSR count). The third-order valence-electron chi connectivity index (χ3n) is 8.12. The molecule has 0 unspecified atom stereocenters. The van der Waals surface area contributed by atoms with Crippen molar-refractivity contribution in [3.05, 3.63) is 71.8 Å². The maximum absolute atomic E-state index is 12.8. The summed E-state index contributed by atoms with van der Waals surface area (Å²) in [7, 11) is -2.52. The van der Waals surface area contributed by atoms with Gasteiger partial charge in [0.2, 0.25) is 0 Å². The van der Waals surface area contributed by atoms with Gasteiger partial charge in [0.05, 0.1) is 12.2 Å². The lowest BCUT2D eigenvalue weighted by molar-refractivity contribution is 0.0247. The van der Waals surface area contributed by atoms with Crippen molar-refractivity contribution < 1.29 is 13.3 Å². The molecule has 40 heavy (non-hydrogen) atoms. The van der Waals surface area contributed by atoms with Crippen molar-refractivity contribution in [2.24, 2.45) is 0 Å². The second-order valence-electron chi connectivity index (χ2n) is 11.9. The third-order valence-corrected chi connectivity index (χ3v) is 9.22. The van der Waals surface area contributed by atoms with Gasteiger partial charge < -0.3 is 8.85 Å². The first-order valence-corrected chi connectivity index (χ1v) is 17.8. The zero-order valence-corrected chi connectivity index (χ0v) is 26.8. The predicted molar refractivity (Wildman–Crippen MR) is 171 cm³/mol. The van der Waals surface area contributed by atoms with Crippen LogP contribution in [0.15, 0.2) is 60.7 Å². The van der Waals surface area contributed by atoms with Crippen molar-refractivity contribution in [3.8, 4) is 0 Å². The van der Waals surface area contributed by atoms with Gasteiger partial charge in [-0.05, 0) is 50.2 Å². The first-order valence-electron chi connectivity index (χ1n) is 16.5. The zero-order valence-electron chi connectivity index (χ0n) is 25.8. The quantitative estimate of drug-likeness (QED) is 0.0839. The molecule has 0 N–H and O–H groups in total. The van der Waals surface area contributed by atoms with Crippen molar-refractivity contribution in [2.45, 2.75) is 148 Å². The molecule has 0 amide bonds. The van der Waals surface area contributed by atoms with Gasteiger partial charge in [-0.25, -0.2) is 0 Å². The third kappa shape index (κ3) is 17.7. The molecular formula is C36H58O3Si. The van der Waals surface area contributed by atoms with Crippen LogP contribution in [0.5, 0.6) is 0 Å². The molecule has 0 aliphatic heterocycles. The van der Waals surface area contributed by atoms with Crippen LogP contribution in [0.2, 0.25) is 0 Å². The average Bonchev–Trinajstić information content (AvgIpc) is 2.98. The highest BCUT2D eigenvalue weighted by Gasteiger charge is 2.30. The highest BCUT2D eigenvalue weighted by molar-refractivity contribution is 6.26. The van der Waals surface area contributed by atoms with Crippen molar-refractivity contribution in [2.75, 3.05) is 6.61 Å². The Labute approximate surface area is 248 Å². The van der Waals surface area contributed by atoms with Gasteiger partial charge in [0.25, 0.3) is 0 Å². The van der Waals surface area contributed by atoms with Crippen LogP contribution in [0.4, 0.5) is 0 Å². The van der Waals surface area contributed by atoms with Crippen LogP contribution >= 0.6 is 0 Å². The summed E-state index contributed by atoms with van der Waals surface area (Å²) in [5.41, 5.74) is 2.09. The fraction of sp³-hybridized carbons (Fsp3) is 0.667. The topological polar surface area (TPSA) is 35.5 Å². The highest BCUT2D eigenvalue weighted by atomic mass is 28.3. The number of rotatable bonds is 26. The van der Waals surface area contributed by atoms with E-state index in [0.29, 0.717) is 6.61 Å². The van der Waals surface area contributed by atoms with Crippen LogP contribution < -0.4 is 0 Å². The molecule has 0 bridgehead atoms. The summed E-state index contributed by atoms with van der Waals surface area (Å²) < 4.78 is 24.6. The molecule has 0 atom stereocenters. The van der Waals surface area contributed by atoms with Gasteiger partial charge in [-0.2, -0.15) is 0 Å². The Morgan fingerprint density at radius 1 is 0.575 bits per heavy atom. The van der Waals surface area contributed by atoms with E-state index in [0.717, 1.165) is 38.5 Å². The monoisotopic (exact) mass is 566 g/mol. The van der Waals surface area contributed by atoms with Gasteiger partial charge in [0.1, 0.15) is 0 Å². The van der Waals surface area contributed by atoms with Crippen LogP contribution in [-0.4, -0.2) is 21.4 Å². The Balaban J connectivity index is 1.53. The van der Waals surface area contributed by atoms with Gasteiger partial charge >= 0.3 is 9.17 Å². The second-order valence-corrected chi connectivity index (χ2v) is 12.9. The fourth-order valence-electron chi connectivity index (χ4n) is 5.37. The van der Waals surface area contributed by atoms with Gasteiger partial charge in [0.15, 0.2) is 0 Å². The van der Waals surface area contributed by atoms with Crippen LogP contribution in [0, 0.1) is 0 Å². The molecule has 224 valence electrons. The number of benzene rings is 2. The van der Waals surface area contributed by atoms with Crippen molar-refractivity contribution in [3.63, 3.8) is 0 Å². The Morgan fingerprint density at radius 3 is 1.35 bits per heavy atom. The van der Waals surface area contributed by atoms with E-state index < -0.39 is 14.8 Å². The highest BCUT2D eigenvalue weighted by Crippen LogP contribution is 2.25. The van der Waals surface area contributed by atoms with Crippen molar-refractivity contribution >= 4 is 9.17 Å². The van der Waals surface area contributed by atoms with E-state index >= 15 is 0 Å². The first-order chi connectivity index (χ1) is 19.6. The summed E-state index contributed by atoms with van der Waals surface area (Å²) in [6, 6.07) is 21.0. The minimum atomic E-state index is -2.52. The SMILES string of the molecule is CCCCCCCCCCCCCCCCCCO[Si](=O)OC(C)(CCc1ccccc1)CCc1ccccc1. The molecule has 2 aromatic rings. The van der Waals surface area contributed by atoms with Gasteiger partial charge in [0, 0.05) is 0 Å². The molecule has 0 saturated heterocycles. The second kappa shape index (κ2) is 22.7. The van der Waals surface area contributed by atoms with Gasteiger partial charge in [-0.15, -0.1) is 0 Å². The van der Waals surface area contributed by atoms with Crippen LogP contribution in [0.3, 0.4) is 0 Å². The predicted octanol–water partition coefficient (Wildman–Crippen LogP) is 10.7. The summed E-state index contributed by atoms with van der Waals surface area (Å²) in [6.45, 7) is 4.91. The summed E-state index contributed by atoms with van der Waals surface area (Å²) >= 11 is 0. The molecule has 0 aromatic heterocycles. The van der Waals surface area contributed by atoms with E-state index in [-0.39, 0.29) is 0 Å². The molecule has 0 spiro atoms. The zero-order chi connectivity index (χ0) is 28.6. The number of hydrogen-bond acceptors (Lipinski definition) is 3.